The molecule has 7 nitrogen and oxygen atoms in total. The molecule has 0 radical (unpaired) electrons. The normalized spacial score (nSPS) is 15.9. The molecule has 30 heavy (non-hydrogen) atoms. The third-order valence-corrected chi connectivity index (χ3v) is 4.80. The summed E-state index contributed by atoms with van der Waals surface area (Å²) >= 11 is 0. The first-order valence-electron chi connectivity index (χ1n) is 9.74. The van der Waals surface area contributed by atoms with E-state index in [1.807, 2.05) is 31.2 Å². The molecule has 0 fully saturated rings. The molecule has 1 aliphatic rings. The number of allylic oxidation sites excluding steroid dienone is 1. The number of carbonyl (C=O) groups excluding carboxylic acids is 2. The summed E-state index contributed by atoms with van der Waals surface area (Å²) in [6.45, 7) is 6.08. The molecule has 0 aromatic heterocycles. The minimum absolute atomic E-state index is 0.241. The quantitative estimate of drug-likeness (QED) is 0.679. The number of urea groups is 1. The molecule has 7 heteroatoms. The van der Waals surface area contributed by atoms with E-state index in [2.05, 4.69) is 10.6 Å². The Balaban J connectivity index is 1.86. The summed E-state index contributed by atoms with van der Waals surface area (Å²) in [6, 6.07) is 12.4. The average Bonchev–Trinajstić information content (AvgIpc) is 2.72. The van der Waals surface area contributed by atoms with E-state index in [0.29, 0.717) is 34.9 Å². The van der Waals surface area contributed by atoms with Crippen molar-refractivity contribution in [2.75, 3.05) is 13.7 Å². The average molecular weight is 410 g/mol. The van der Waals surface area contributed by atoms with Crippen LogP contribution < -0.4 is 20.1 Å². The monoisotopic (exact) mass is 410 g/mol. The smallest absolute Gasteiger partial charge is 0.338 e. The molecule has 1 heterocycles. The number of benzene rings is 2. The van der Waals surface area contributed by atoms with Crippen molar-refractivity contribution in [3.05, 3.63) is 70.4 Å². The fourth-order valence-corrected chi connectivity index (χ4v) is 3.25. The van der Waals surface area contributed by atoms with Crippen molar-refractivity contribution in [1.29, 1.82) is 0 Å². The van der Waals surface area contributed by atoms with E-state index in [-0.39, 0.29) is 12.6 Å². The van der Waals surface area contributed by atoms with Gasteiger partial charge in [0.25, 0.3) is 0 Å². The van der Waals surface area contributed by atoms with Gasteiger partial charge in [0, 0.05) is 5.70 Å². The van der Waals surface area contributed by atoms with Gasteiger partial charge in [-0.1, -0.05) is 35.9 Å². The van der Waals surface area contributed by atoms with Gasteiger partial charge >= 0.3 is 12.0 Å². The van der Waals surface area contributed by atoms with Gasteiger partial charge in [-0.05, 0) is 44.0 Å². The van der Waals surface area contributed by atoms with Crippen LogP contribution in [0.25, 0.3) is 0 Å². The maximum atomic E-state index is 12.5. The molecule has 2 N–H and O–H groups in total. The van der Waals surface area contributed by atoms with Crippen LogP contribution in [0, 0.1) is 6.92 Å². The summed E-state index contributed by atoms with van der Waals surface area (Å²) < 4.78 is 16.6. The maximum absolute atomic E-state index is 12.5. The predicted molar refractivity (Wildman–Crippen MR) is 112 cm³/mol. The standard InChI is InChI=1S/C23H26N2O5/c1-5-29-22(26)20-15(3)24-23(27)25-21(20)17-10-11-18(19(12-17)28-4)30-13-16-8-6-14(2)7-9-16/h6-12,21H,5,13H2,1-4H3,(H2,24,25,27). The number of nitrogens with one attached hydrogen (secondary N) is 2. The van der Waals surface area contributed by atoms with Gasteiger partial charge in [-0.25, -0.2) is 9.59 Å². The molecule has 0 spiro atoms. The first kappa shape index (κ1) is 21.2. The summed E-state index contributed by atoms with van der Waals surface area (Å²) in [5.41, 5.74) is 3.73. The van der Waals surface area contributed by atoms with Gasteiger partial charge in [0.05, 0.1) is 25.3 Å². The SMILES string of the molecule is CCOC(=O)C1=C(C)NC(=O)NC1c1ccc(OCc2ccc(C)cc2)c(OC)c1. The molecular weight excluding hydrogens is 384 g/mol. The molecular formula is C23H26N2O5. The number of methoxy groups -OCH3 is 1. The molecule has 1 atom stereocenters. The second-order valence-electron chi connectivity index (χ2n) is 6.98. The molecule has 1 unspecified atom stereocenters. The van der Waals surface area contributed by atoms with E-state index in [0.717, 1.165) is 5.56 Å². The number of hydrogen-bond acceptors (Lipinski definition) is 5. The van der Waals surface area contributed by atoms with Crippen molar-refractivity contribution in [2.24, 2.45) is 0 Å². The van der Waals surface area contributed by atoms with E-state index < -0.39 is 12.0 Å². The second-order valence-corrected chi connectivity index (χ2v) is 6.98. The Morgan fingerprint density at radius 3 is 2.47 bits per heavy atom. The van der Waals surface area contributed by atoms with Crippen LogP contribution in [-0.4, -0.2) is 25.7 Å². The summed E-state index contributed by atoms with van der Waals surface area (Å²) in [7, 11) is 1.55. The Hall–Kier alpha value is -3.48. The van der Waals surface area contributed by atoms with Crippen molar-refractivity contribution < 1.29 is 23.8 Å². The number of amides is 2. The Kier molecular flexibility index (Phi) is 6.61. The van der Waals surface area contributed by atoms with Crippen LogP contribution in [0.1, 0.15) is 36.6 Å². The third kappa shape index (κ3) is 4.74. The van der Waals surface area contributed by atoms with Crippen molar-refractivity contribution in [3.8, 4) is 11.5 Å². The first-order valence-corrected chi connectivity index (χ1v) is 9.74. The Labute approximate surface area is 176 Å². The van der Waals surface area contributed by atoms with E-state index in [9.17, 15) is 9.59 Å². The molecule has 2 amide bonds. The van der Waals surface area contributed by atoms with Gasteiger partial charge in [0.15, 0.2) is 11.5 Å². The number of ether oxygens (including phenoxy) is 3. The van der Waals surface area contributed by atoms with Crippen LogP contribution in [0.5, 0.6) is 11.5 Å². The maximum Gasteiger partial charge on any atom is 0.338 e. The fourth-order valence-electron chi connectivity index (χ4n) is 3.25. The van der Waals surface area contributed by atoms with Gasteiger partial charge in [-0.2, -0.15) is 0 Å². The highest BCUT2D eigenvalue weighted by molar-refractivity contribution is 5.95. The van der Waals surface area contributed by atoms with E-state index >= 15 is 0 Å². The summed E-state index contributed by atoms with van der Waals surface area (Å²) in [5.74, 6) is 0.597. The summed E-state index contributed by atoms with van der Waals surface area (Å²) in [6.07, 6.45) is 0. The predicted octanol–water partition coefficient (Wildman–Crippen LogP) is 3.77. The van der Waals surface area contributed by atoms with Crippen molar-refractivity contribution in [2.45, 2.75) is 33.4 Å². The highest BCUT2D eigenvalue weighted by atomic mass is 16.5. The molecule has 0 saturated carbocycles. The minimum atomic E-state index is -0.655. The summed E-state index contributed by atoms with van der Waals surface area (Å²) in [4.78, 5) is 24.5. The van der Waals surface area contributed by atoms with Gasteiger partial charge < -0.3 is 24.8 Å². The van der Waals surface area contributed by atoms with Crippen LogP contribution >= 0.6 is 0 Å². The van der Waals surface area contributed by atoms with Crippen LogP contribution in [0.15, 0.2) is 53.7 Å². The Morgan fingerprint density at radius 2 is 1.80 bits per heavy atom. The number of hydrogen-bond donors (Lipinski definition) is 2. The lowest BCUT2D eigenvalue weighted by atomic mass is 9.95. The number of aryl methyl sites for hydroxylation is 1. The van der Waals surface area contributed by atoms with E-state index in [1.54, 1.807) is 39.2 Å². The lowest BCUT2D eigenvalue weighted by Gasteiger charge is -2.28. The zero-order valence-corrected chi connectivity index (χ0v) is 17.6. The molecule has 158 valence electrons. The topological polar surface area (TPSA) is 85.9 Å². The number of carbonyl (C=O) groups is 2. The molecule has 3 rings (SSSR count). The lowest BCUT2D eigenvalue weighted by Crippen LogP contribution is -2.45. The molecule has 2 aromatic rings. The second kappa shape index (κ2) is 9.35. The lowest BCUT2D eigenvalue weighted by molar-refractivity contribution is -0.139. The highest BCUT2D eigenvalue weighted by Crippen LogP contribution is 2.35. The van der Waals surface area contributed by atoms with E-state index in [1.165, 1.54) is 5.56 Å². The van der Waals surface area contributed by atoms with Gasteiger partial charge in [-0.3, -0.25) is 0 Å². The van der Waals surface area contributed by atoms with E-state index in [4.69, 9.17) is 14.2 Å². The summed E-state index contributed by atoms with van der Waals surface area (Å²) in [5, 5.41) is 5.40. The van der Waals surface area contributed by atoms with Gasteiger partial charge in [0.2, 0.25) is 0 Å². The van der Waals surface area contributed by atoms with Crippen molar-refractivity contribution in [3.63, 3.8) is 0 Å². The third-order valence-electron chi connectivity index (χ3n) is 4.80. The first-order chi connectivity index (χ1) is 14.4. The fraction of sp³-hybridized carbons (Fsp3) is 0.304. The molecule has 0 saturated heterocycles. The van der Waals surface area contributed by atoms with Crippen molar-refractivity contribution in [1.82, 2.24) is 10.6 Å². The van der Waals surface area contributed by atoms with Gasteiger partial charge in [-0.15, -0.1) is 0 Å². The number of rotatable bonds is 7. The molecule has 2 aromatic carbocycles. The van der Waals surface area contributed by atoms with Crippen LogP contribution in [0.2, 0.25) is 0 Å². The van der Waals surface area contributed by atoms with Crippen LogP contribution in [0.3, 0.4) is 0 Å². The number of esters is 1. The molecule has 0 aliphatic carbocycles. The van der Waals surface area contributed by atoms with Gasteiger partial charge in [0.1, 0.15) is 6.61 Å². The molecule has 0 bridgehead atoms. The van der Waals surface area contributed by atoms with Crippen LogP contribution in [0.4, 0.5) is 4.79 Å². The van der Waals surface area contributed by atoms with Crippen molar-refractivity contribution >= 4 is 12.0 Å². The minimum Gasteiger partial charge on any atom is -0.493 e. The zero-order chi connectivity index (χ0) is 21.7. The largest absolute Gasteiger partial charge is 0.493 e. The zero-order valence-electron chi connectivity index (χ0n) is 17.6. The highest BCUT2D eigenvalue weighted by Gasteiger charge is 2.32. The van der Waals surface area contributed by atoms with Crippen LogP contribution in [-0.2, 0) is 16.1 Å². The molecule has 1 aliphatic heterocycles. The Morgan fingerprint density at radius 1 is 1.07 bits per heavy atom. The Bertz CT molecular complexity index is 966.